The normalized spacial score (nSPS) is 10.5. The molecule has 0 fully saturated rings. The van der Waals surface area contributed by atoms with Gasteiger partial charge in [0.15, 0.2) is 6.61 Å². The summed E-state index contributed by atoms with van der Waals surface area (Å²) in [5, 5.41) is 4.70. The minimum absolute atomic E-state index is 0.339. The maximum absolute atomic E-state index is 12.4. The summed E-state index contributed by atoms with van der Waals surface area (Å²) in [7, 11) is 0. The first-order valence-corrected chi connectivity index (χ1v) is 11.5. The Morgan fingerprint density at radius 3 is 2.64 bits per heavy atom. The van der Waals surface area contributed by atoms with Crippen molar-refractivity contribution in [1.29, 1.82) is 0 Å². The van der Waals surface area contributed by atoms with E-state index in [-0.39, 0.29) is 12.5 Å². The Bertz CT molecular complexity index is 928. The highest BCUT2D eigenvalue weighted by Crippen LogP contribution is 2.26. The van der Waals surface area contributed by atoms with E-state index >= 15 is 0 Å². The second-order valence-electron chi connectivity index (χ2n) is 5.62. The van der Waals surface area contributed by atoms with Crippen molar-refractivity contribution >= 4 is 52.4 Å². The van der Waals surface area contributed by atoms with Crippen LogP contribution in [0.4, 0.5) is 5.69 Å². The molecular formula is C20H18N2O3S3. The second-order valence-corrected chi connectivity index (χ2v) is 8.23. The van der Waals surface area contributed by atoms with Crippen molar-refractivity contribution in [2.24, 2.45) is 0 Å². The third-order valence-electron chi connectivity index (χ3n) is 3.67. The van der Waals surface area contributed by atoms with Crippen LogP contribution in [0.15, 0.2) is 69.2 Å². The monoisotopic (exact) mass is 430 g/mol. The van der Waals surface area contributed by atoms with E-state index < -0.39 is 5.97 Å². The maximum atomic E-state index is 12.4. The summed E-state index contributed by atoms with van der Waals surface area (Å²) in [6.07, 6.45) is 1.99. The van der Waals surface area contributed by atoms with Gasteiger partial charge in [-0.3, -0.25) is 4.79 Å². The Labute approximate surface area is 175 Å². The number of nitrogens with zero attached hydrogens (tertiary/aromatic N) is 1. The molecule has 0 aliphatic rings. The molecule has 0 aliphatic heterocycles. The molecule has 1 N–H and O–H groups in total. The number of anilines is 1. The SMILES string of the molecule is CSc1ccc(NC(=O)COC(=O)c2ccccc2SCc2cscn2)cc1. The quantitative estimate of drug-likeness (QED) is 0.403. The van der Waals surface area contributed by atoms with Crippen LogP contribution in [0.1, 0.15) is 16.1 Å². The molecule has 0 radical (unpaired) electrons. The molecule has 0 saturated heterocycles. The number of thiazole rings is 1. The van der Waals surface area contributed by atoms with E-state index in [0.717, 1.165) is 15.5 Å². The average molecular weight is 431 g/mol. The van der Waals surface area contributed by atoms with Crippen molar-refractivity contribution < 1.29 is 14.3 Å². The van der Waals surface area contributed by atoms with Gasteiger partial charge in [0.05, 0.1) is 16.8 Å². The summed E-state index contributed by atoms with van der Waals surface area (Å²) in [6, 6.07) is 14.7. The predicted molar refractivity (Wildman–Crippen MR) is 115 cm³/mol. The van der Waals surface area contributed by atoms with Gasteiger partial charge < -0.3 is 10.1 Å². The summed E-state index contributed by atoms with van der Waals surface area (Å²) in [5.41, 5.74) is 3.85. The highest BCUT2D eigenvalue weighted by molar-refractivity contribution is 7.98. The zero-order valence-electron chi connectivity index (χ0n) is 15.1. The van der Waals surface area contributed by atoms with E-state index in [9.17, 15) is 9.59 Å². The van der Waals surface area contributed by atoms with Crippen LogP contribution in [0.3, 0.4) is 0 Å². The molecule has 0 saturated carbocycles. The molecule has 2 aromatic carbocycles. The summed E-state index contributed by atoms with van der Waals surface area (Å²) in [4.78, 5) is 30.6. The fourth-order valence-corrected chi connectivity index (χ4v) is 4.32. The minimum atomic E-state index is -0.519. The molecular weight excluding hydrogens is 412 g/mol. The number of nitrogens with one attached hydrogen (secondary N) is 1. The van der Waals surface area contributed by atoms with E-state index in [1.807, 2.05) is 48.0 Å². The zero-order chi connectivity index (χ0) is 19.8. The number of aromatic nitrogens is 1. The number of esters is 1. The Morgan fingerprint density at radius 1 is 1.14 bits per heavy atom. The minimum Gasteiger partial charge on any atom is -0.452 e. The van der Waals surface area contributed by atoms with Crippen molar-refractivity contribution in [2.75, 3.05) is 18.2 Å². The molecule has 0 aliphatic carbocycles. The molecule has 0 atom stereocenters. The predicted octanol–water partition coefficient (Wildman–Crippen LogP) is 4.95. The molecule has 144 valence electrons. The number of hydrogen-bond donors (Lipinski definition) is 1. The number of thioether (sulfide) groups is 2. The molecule has 8 heteroatoms. The van der Waals surface area contributed by atoms with E-state index in [0.29, 0.717) is 17.0 Å². The van der Waals surface area contributed by atoms with Gasteiger partial charge in [-0.2, -0.15) is 0 Å². The van der Waals surface area contributed by atoms with Crippen LogP contribution in [0.2, 0.25) is 0 Å². The van der Waals surface area contributed by atoms with Crippen molar-refractivity contribution in [3.05, 3.63) is 70.7 Å². The molecule has 3 aromatic rings. The van der Waals surface area contributed by atoms with Crippen LogP contribution in [-0.2, 0) is 15.3 Å². The van der Waals surface area contributed by atoms with Crippen molar-refractivity contribution in [3.8, 4) is 0 Å². The molecule has 1 aromatic heterocycles. The van der Waals surface area contributed by atoms with Gasteiger partial charge in [-0.15, -0.1) is 34.9 Å². The molecule has 0 unspecified atom stereocenters. The third-order valence-corrected chi connectivity index (χ3v) is 6.16. The number of amides is 1. The van der Waals surface area contributed by atoms with E-state index in [2.05, 4.69) is 10.3 Å². The Kier molecular flexibility index (Phi) is 7.53. The van der Waals surface area contributed by atoms with Gasteiger partial charge in [-0.05, 0) is 42.7 Å². The lowest BCUT2D eigenvalue weighted by Crippen LogP contribution is -2.21. The standard InChI is InChI=1S/C20H18N2O3S3/c1-26-16-8-6-14(7-9-16)22-19(23)10-25-20(24)17-4-2-3-5-18(17)28-12-15-11-27-13-21-15/h2-9,11,13H,10,12H2,1H3,(H,22,23). The van der Waals surface area contributed by atoms with Gasteiger partial charge in [-0.25, -0.2) is 9.78 Å². The summed E-state index contributed by atoms with van der Waals surface area (Å²) in [6.45, 7) is -0.339. The van der Waals surface area contributed by atoms with Crippen LogP contribution < -0.4 is 5.32 Å². The number of carbonyl (C=O) groups is 2. The van der Waals surface area contributed by atoms with Gasteiger partial charge in [-0.1, -0.05) is 12.1 Å². The van der Waals surface area contributed by atoms with E-state index in [4.69, 9.17) is 4.74 Å². The van der Waals surface area contributed by atoms with Gasteiger partial charge >= 0.3 is 5.97 Å². The number of carbonyl (C=O) groups excluding carboxylic acids is 2. The lowest BCUT2D eigenvalue weighted by atomic mass is 10.2. The number of benzene rings is 2. The third kappa shape index (κ3) is 5.85. The van der Waals surface area contributed by atoms with Crippen LogP contribution in [-0.4, -0.2) is 29.7 Å². The van der Waals surface area contributed by atoms with E-state index in [1.165, 1.54) is 23.1 Å². The largest absolute Gasteiger partial charge is 0.452 e. The molecule has 0 spiro atoms. The molecule has 3 rings (SSSR count). The van der Waals surface area contributed by atoms with Gasteiger partial charge in [0.25, 0.3) is 5.91 Å². The molecule has 1 amide bonds. The van der Waals surface area contributed by atoms with Gasteiger partial charge in [0.1, 0.15) is 0 Å². The highest BCUT2D eigenvalue weighted by Gasteiger charge is 2.15. The molecule has 0 bridgehead atoms. The van der Waals surface area contributed by atoms with Crippen LogP contribution in [0.5, 0.6) is 0 Å². The van der Waals surface area contributed by atoms with E-state index in [1.54, 1.807) is 29.4 Å². The first-order valence-electron chi connectivity index (χ1n) is 8.35. The summed E-state index contributed by atoms with van der Waals surface area (Å²) < 4.78 is 5.20. The fourth-order valence-electron chi connectivity index (χ4n) is 2.30. The van der Waals surface area contributed by atoms with Crippen LogP contribution >= 0.6 is 34.9 Å². The number of ether oxygens (including phenoxy) is 1. The number of hydrogen-bond acceptors (Lipinski definition) is 7. The topological polar surface area (TPSA) is 68.3 Å². The lowest BCUT2D eigenvalue weighted by molar-refractivity contribution is -0.119. The maximum Gasteiger partial charge on any atom is 0.339 e. The Morgan fingerprint density at radius 2 is 1.93 bits per heavy atom. The highest BCUT2D eigenvalue weighted by atomic mass is 32.2. The first-order chi connectivity index (χ1) is 13.7. The smallest absolute Gasteiger partial charge is 0.339 e. The second kappa shape index (κ2) is 10.3. The lowest BCUT2D eigenvalue weighted by Gasteiger charge is -2.09. The molecule has 1 heterocycles. The van der Waals surface area contributed by atoms with Crippen molar-refractivity contribution in [2.45, 2.75) is 15.5 Å². The fraction of sp³-hybridized carbons (Fsp3) is 0.150. The van der Waals surface area contributed by atoms with Gasteiger partial charge in [0.2, 0.25) is 0 Å². The zero-order valence-corrected chi connectivity index (χ0v) is 17.5. The molecule has 28 heavy (non-hydrogen) atoms. The number of rotatable bonds is 8. The van der Waals surface area contributed by atoms with Crippen LogP contribution in [0.25, 0.3) is 0 Å². The summed E-state index contributed by atoms with van der Waals surface area (Å²) in [5.74, 6) is -0.229. The molecule has 5 nitrogen and oxygen atoms in total. The Balaban J connectivity index is 1.54. The van der Waals surface area contributed by atoms with Crippen molar-refractivity contribution in [3.63, 3.8) is 0 Å². The van der Waals surface area contributed by atoms with Crippen molar-refractivity contribution in [1.82, 2.24) is 4.98 Å². The Hall–Kier alpha value is -2.29. The van der Waals surface area contributed by atoms with Gasteiger partial charge in [0, 0.05) is 26.6 Å². The van der Waals surface area contributed by atoms with Crippen LogP contribution in [0, 0.1) is 0 Å². The average Bonchev–Trinajstić information content (AvgIpc) is 3.25. The summed E-state index contributed by atoms with van der Waals surface area (Å²) >= 11 is 4.68. The first kappa shape index (κ1) is 20.4.